The van der Waals surface area contributed by atoms with E-state index in [1.54, 1.807) is 6.20 Å². The third-order valence-electron chi connectivity index (χ3n) is 3.70. The van der Waals surface area contributed by atoms with Gasteiger partial charge >= 0.3 is 0 Å². The van der Waals surface area contributed by atoms with Gasteiger partial charge in [-0.15, -0.1) is 0 Å². The second-order valence-corrected chi connectivity index (χ2v) is 5.74. The Hall–Kier alpha value is -3.63. The average Bonchev–Trinajstić information content (AvgIpc) is 3.04. The van der Waals surface area contributed by atoms with Gasteiger partial charge in [0.05, 0.1) is 15.6 Å². The van der Waals surface area contributed by atoms with Crippen LogP contribution in [0.2, 0.25) is 5.02 Å². The van der Waals surface area contributed by atoms with Gasteiger partial charge in [-0.25, -0.2) is 0 Å². The van der Waals surface area contributed by atoms with E-state index in [0.717, 1.165) is 17.0 Å². The van der Waals surface area contributed by atoms with Gasteiger partial charge in [0.15, 0.2) is 0 Å². The maximum absolute atomic E-state index is 12.4. The van der Waals surface area contributed by atoms with Crippen LogP contribution < -0.4 is 5.32 Å². The number of aromatic nitrogens is 1. The van der Waals surface area contributed by atoms with Gasteiger partial charge in [0.1, 0.15) is 11.6 Å². The zero-order chi connectivity index (χ0) is 18.7. The minimum atomic E-state index is -0.708. The van der Waals surface area contributed by atoms with Crippen LogP contribution in [0.15, 0.2) is 54.2 Å². The highest BCUT2D eigenvalue weighted by Crippen LogP contribution is 2.27. The lowest BCUT2D eigenvalue weighted by atomic mass is 10.1. The van der Waals surface area contributed by atoms with Crippen LogP contribution in [-0.4, -0.2) is 15.8 Å². The van der Waals surface area contributed by atoms with E-state index in [0.29, 0.717) is 5.56 Å². The standard InChI is InChI=1S/C18H11ClN4O3/c19-15-6-5-13(23(25)26)8-17(15)22-18(24)11(9-20)7-12-10-21-16-4-2-1-3-14(12)16/h1-8,10,21H,(H,22,24)/b11-7+. The number of hydrogen-bond donors (Lipinski definition) is 2. The van der Waals surface area contributed by atoms with Gasteiger partial charge in [-0.05, 0) is 18.2 Å². The summed E-state index contributed by atoms with van der Waals surface area (Å²) in [4.78, 5) is 25.7. The third-order valence-corrected chi connectivity index (χ3v) is 4.02. The Labute approximate surface area is 152 Å². The molecule has 1 amide bonds. The van der Waals surface area contributed by atoms with E-state index in [4.69, 9.17) is 11.6 Å². The molecule has 8 heteroatoms. The van der Waals surface area contributed by atoms with Crippen molar-refractivity contribution in [2.24, 2.45) is 0 Å². The molecule has 0 unspecified atom stereocenters. The summed E-state index contributed by atoms with van der Waals surface area (Å²) in [5, 5.41) is 23.6. The maximum atomic E-state index is 12.4. The number of rotatable bonds is 4. The number of nitro benzene ring substituents is 1. The molecule has 3 aromatic rings. The first kappa shape index (κ1) is 17.2. The minimum absolute atomic E-state index is 0.0611. The Balaban J connectivity index is 1.92. The van der Waals surface area contributed by atoms with Gasteiger partial charge in [0.25, 0.3) is 11.6 Å². The number of non-ortho nitro benzene ring substituents is 1. The molecule has 1 heterocycles. The zero-order valence-electron chi connectivity index (χ0n) is 13.2. The van der Waals surface area contributed by atoms with E-state index >= 15 is 0 Å². The van der Waals surface area contributed by atoms with Crippen LogP contribution in [0.3, 0.4) is 0 Å². The lowest BCUT2D eigenvalue weighted by Gasteiger charge is -2.06. The van der Waals surface area contributed by atoms with Gasteiger partial charge in [0, 0.05) is 34.8 Å². The first-order valence-electron chi connectivity index (χ1n) is 7.43. The fraction of sp³-hybridized carbons (Fsp3) is 0. The predicted molar refractivity (Wildman–Crippen MR) is 98.6 cm³/mol. The number of nitro groups is 1. The lowest BCUT2D eigenvalue weighted by Crippen LogP contribution is -2.14. The van der Waals surface area contributed by atoms with Gasteiger partial charge < -0.3 is 10.3 Å². The van der Waals surface area contributed by atoms with Crippen molar-refractivity contribution in [2.45, 2.75) is 0 Å². The number of nitriles is 1. The summed E-state index contributed by atoms with van der Waals surface area (Å²) in [7, 11) is 0. The Morgan fingerprint density at radius 3 is 2.81 bits per heavy atom. The number of H-pyrrole nitrogens is 1. The first-order valence-corrected chi connectivity index (χ1v) is 7.80. The van der Waals surface area contributed by atoms with Crippen molar-refractivity contribution in [1.29, 1.82) is 5.26 Å². The Morgan fingerprint density at radius 2 is 2.08 bits per heavy atom. The minimum Gasteiger partial charge on any atom is -0.361 e. The molecule has 0 saturated heterocycles. The average molecular weight is 367 g/mol. The molecule has 3 rings (SSSR count). The van der Waals surface area contributed by atoms with Crippen LogP contribution in [0.25, 0.3) is 17.0 Å². The number of benzene rings is 2. The molecule has 128 valence electrons. The Morgan fingerprint density at radius 1 is 1.31 bits per heavy atom. The number of nitrogens with zero attached hydrogens (tertiary/aromatic N) is 2. The van der Waals surface area contributed by atoms with Crippen LogP contribution in [0.4, 0.5) is 11.4 Å². The highest BCUT2D eigenvalue weighted by atomic mass is 35.5. The van der Waals surface area contributed by atoms with E-state index in [1.807, 2.05) is 30.3 Å². The van der Waals surface area contributed by atoms with Crippen molar-refractivity contribution in [2.75, 3.05) is 5.32 Å². The van der Waals surface area contributed by atoms with Gasteiger partial charge in [-0.2, -0.15) is 5.26 Å². The smallest absolute Gasteiger partial charge is 0.271 e. The summed E-state index contributed by atoms with van der Waals surface area (Å²) in [5.41, 5.74) is 1.24. The summed E-state index contributed by atoms with van der Waals surface area (Å²) >= 11 is 5.97. The molecule has 0 atom stereocenters. The van der Waals surface area contributed by atoms with Crippen LogP contribution in [0, 0.1) is 21.4 Å². The van der Waals surface area contributed by atoms with Crippen molar-refractivity contribution >= 4 is 45.9 Å². The zero-order valence-corrected chi connectivity index (χ0v) is 13.9. The number of aromatic amines is 1. The van der Waals surface area contributed by atoms with E-state index in [-0.39, 0.29) is 22.0 Å². The number of halogens is 1. The molecule has 0 aliphatic carbocycles. The quantitative estimate of drug-likeness (QED) is 0.310. The fourth-order valence-electron chi connectivity index (χ4n) is 2.43. The maximum Gasteiger partial charge on any atom is 0.271 e. The van der Waals surface area contributed by atoms with Crippen molar-refractivity contribution in [3.05, 3.63) is 74.9 Å². The van der Waals surface area contributed by atoms with Crippen LogP contribution in [0.5, 0.6) is 0 Å². The number of para-hydroxylation sites is 1. The van der Waals surface area contributed by atoms with Crippen molar-refractivity contribution in [1.82, 2.24) is 4.98 Å². The molecule has 2 N–H and O–H groups in total. The monoisotopic (exact) mass is 366 g/mol. The lowest BCUT2D eigenvalue weighted by molar-refractivity contribution is -0.384. The van der Waals surface area contributed by atoms with Crippen molar-refractivity contribution in [3.63, 3.8) is 0 Å². The molecule has 0 radical (unpaired) electrons. The number of carbonyl (C=O) groups is 1. The van der Waals surface area contributed by atoms with Crippen molar-refractivity contribution < 1.29 is 9.72 Å². The van der Waals surface area contributed by atoms with Gasteiger partial charge in [0.2, 0.25) is 0 Å². The predicted octanol–water partition coefficient (Wildman–Crippen LogP) is 4.28. The molecule has 1 aromatic heterocycles. The Kier molecular flexibility index (Phi) is 4.69. The second-order valence-electron chi connectivity index (χ2n) is 5.33. The number of hydrogen-bond acceptors (Lipinski definition) is 4. The number of amides is 1. The summed E-state index contributed by atoms with van der Waals surface area (Å²) in [5.74, 6) is -0.708. The van der Waals surface area contributed by atoms with Gasteiger partial charge in [-0.3, -0.25) is 14.9 Å². The molecule has 0 bridgehead atoms. The molecule has 2 aromatic carbocycles. The normalized spacial score (nSPS) is 11.2. The molecular weight excluding hydrogens is 356 g/mol. The molecule has 7 nitrogen and oxygen atoms in total. The van der Waals surface area contributed by atoms with E-state index in [1.165, 1.54) is 18.2 Å². The van der Waals surface area contributed by atoms with Crippen LogP contribution >= 0.6 is 11.6 Å². The van der Waals surface area contributed by atoms with Crippen LogP contribution in [0.1, 0.15) is 5.56 Å². The highest BCUT2D eigenvalue weighted by Gasteiger charge is 2.15. The second kappa shape index (κ2) is 7.09. The molecule has 0 aliphatic heterocycles. The molecule has 26 heavy (non-hydrogen) atoms. The number of carbonyl (C=O) groups excluding carboxylic acids is 1. The molecule has 0 aliphatic rings. The third kappa shape index (κ3) is 3.41. The summed E-state index contributed by atoms with van der Waals surface area (Å²) in [6.45, 7) is 0. The molecule has 0 spiro atoms. The van der Waals surface area contributed by atoms with Crippen molar-refractivity contribution in [3.8, 4) is 6.07 Å². The number of nitrogens with one attached hydrogen (secondary N) is 2. The topological polar surface area (TPSA) is 112 Å². The number of fused-ring (bicyclic) bond motifs is 1. The molecule has 0 fully saturated rings. The summed E-state index contributed by atoms with van der Waals surface area (Å²) in [6, 6.07) is 13.0. The number of anilines is 1. The van der Waals surface area contributed by atoms with Crippen LogP contribution in [-0.2, 0) is 4.79 Å². The van der Waals surface area contributed by atoms with E-state index in [2.05, 4.69) is 10.3 Å². The SMILES string of the molecule is N#C/C(=C\c1c[nH]c2ccccc12)C(=O)Nc1cc([N+](=O)[O-])ccc1Cl. The highest BCUT2D eigenvalue weighted by molar-refractivity contribution is 6.34. The molecule has 0 saturated carbocycles. The van der Waals surface area contributed by atoms with E-state index in [9.17, 15) is 20.2 Å². The fourth-order valence-corrected chi connectivity index (χ4v) is 2.59. The largest absolute Gasteiger partial charge is 0.361 e. The Bertz CT molecular complexity index is 1100. The molecular formula is C18H11ClN4O3. The first-order chi connectivity index (χ1) is 12.5. The van der Waals surface area contributed by atoms with E-state index < -0.39 is 10.8 Å². The van der Waals surface area contributed by atoms with Gasteiger partial charge in [-0.1, -0.05) is 29.8 Å². The summed E-state index contributed by atoms with van der Waals surface area (Å²) in [6.07, 6.45) is 3.13. The summed E-state index contributed by atoms with van der Waals surface area (Å²) < 4.78 is 0.